The Bertz CT molecular complexity index is 954. The van der Waals surface area contributed by atoms with Gasteiger partial charge in [0.1, 0.15) is 0 Å². The van der Waals surface area contributed by atoms with E-state index in [9.17, 15) is 4.79 Å². The number of nitrogens with zero attached hydrogens (tertiary/aromatic N) is 3. The molecule has 2 N–H and O–H groups in total. The average molecular weight is 390 g/mol. The van der Waals surface area contributed by atoms with Crippen LogP contribution in [-0.2, 0) is 6.54 Å². The monoisotopic (exact) mass is 389 g/mol. The van der Waals surface area contributed by atoms with E-state index in [0.717, 1.165) is 35.7 Å². The predicted octanol–water partition coefficient (Wildman–Crippen LogP) is 4.30. The van der Waals surface area contributed by atoms with E-state index in [1.807, 2.05) is 18.2 Å². The van der Waals surface area contributed by atoms with Crippen LogP contribution in [0.2, 0.25) is 0 Å². The molecule has 0 aliphatic heterocycles. The molecule has 1 amide bonds. The number of carbonyl (C=O) groups is 1. The van der Waals surface area contributed by atoms with Crippen molar-refractivity contribution in [2.45, 2.75) is 27.3 Å². The number of amides is 1. The smallest absolute Gasteiger partial charge is 0.253 e. The number of pyridine rings is 2. The minimum atomic E-state index is -0.180. The first kappa shape index (κ1) is 20.3. The third-order valence-electron chi connectivity index (χ3n) is 4.77. The van der Waals surface area contributed by atoms with E-state index in [0.29, 0.717) is 12.1 Å². The zero-order valence-corrected chi connectivity index (χ0v) is 17.1. The molecule has 3 aromatic rings. The minimum absolute atomic E-state index is 0.180. The lowest BCUT2D eigenvalue weighted by atomic mass is 10.1. The maximum atomic E-state index is 12.5. The van der Waals surface area contributed by atoms with E-state index in [2.05, 4.69) is 64.5 Å². The molecule has 0 radical (unpaired) electrons. The molecule has 0 spiro atoms. The van der Waals surface area contributed by atoms with Gasteiger partial charge in [-0.2, -0.15) is 0 Å². The maximum absolute atomic E-state index is 12.5. The van der Waals surface area contributed by atoms with Gasteiger partial charge in [0, 0.05) is 36.9 Å². The van der Waals surface area contributed by atoms with Crippen LogP contribution >= 0.6 is 0 Å². The van der Waals surface area contributed by atoms with E-state index in [1.165, 1.54) is 5.69 Å². The molecule has 0 saturated heterocycles. The van der Waals surface area contributed by atoms with Gasteiger partial charge in [0.05, 0.1) is 29.7 Å². The van der Waals surface area contributed by atoms with Gasteiger partial charge in [0.25, 0.3) is 5.91 Å². The van der Waals surface area contributed by atoms with Gasteiger partial charge < -0.3 is 15.5 Å². The fourth-order valence-electron chi connectivity index (χ4n) is 3.14. The Kier molecular flexibility index (Phi) is 6.79. The van der Waals surface area contributed by atoms with Crippen LogP contribution in [0.3, 0.4) is 0 Å². The summed E-state index contributed by atoms with van der Waals surface area (Å²) in [5, 5.41) is 6.25. The summed E-state index contributed by atoms with van der Waals surface area (Å²) in [6, 6.07) is 13.8. The molecule has 6 heteroatoms. The molecule has 1 aromatic carbocycles. The van der Waals surface area contributed by atoms with E-state index in [-0.39, 0.29) is 5.91 Å². The molecule has 0 bridgehead atoms. The molecular formula is C23H27N5O. The molecule has 2 heterocycles. The number of nitrogens with one attached hydrogen (secondary N) is 2. The molecule has 2 aromatic heterocycles. The van der Waals surface area contributed by atoms with Crippen LogP contribution in [0.15, 0.2) is 61.1 Å². The molecule has 29 heavy (non-hydrogen) atoms. The van der Waals surface area contributed by atoms with Crippen molar-refractivity contribution in [3.05, 3.63) is 77.9 Å². The van der Waals surface area contributed by atoms with Crippen LogP contribution in [0.1, 0.15) is 35.5 Å². The number of benzene rings is 1. The Morgan fingerprint density at radius 1 is 1.07 bits per heavy atom. The van der Waals surface area contributed by atoms with Crippen LogP contribution in [-0.4, -0.2) is 29.0 Å². The molecule has 0 fully saturated rings. The summed E-state index contributed by atoms with van der Waals surface area (Å²) in [6.45, 7) is 8.71. The van der Waals surface area contributed by atoms with Gasteiger partial charge in [-0.05, 0) is 62.7 Å². The number of hydrogen-bond donors (Lipinski definition) is 2. The number of anilines is 3. The first-order chi connectivity index (χ1) is 14.1. The molecule has 3 rings (SSSR count). The second-order valence-electron chi connectivity index (χ2n) is 6.76. The number of aromatic nitrogens is 2. The van der Waals surface area contributed by atoms with Gasteiger partial charge in [0.15, 0.2) is 0 Å². The SMILES string of the molecule is CCN(CC)c1ccc(Nc2cncc(C(=O)NCc3ccccn3)c2)c(C)c1. The van der Waals surface area contributed by atoms with Gasteiger partial charge >= 0.3 is 0 Å². The molecular weight excluding hydrogens is 362 g/mol. The van der Waals surface area contributed by atoms with Crippen LogP contribution in [0, 0.1) is 6.92 Å². The summed E-state index contributed by atoms with van der Waals surface area (Å²) in [5.74, 6) is -0.180. The Hall–Kier alpha value is -3.41. The normalized spacial score (nSPS) is 10.4. The van der Waals surface area contributed by atoms with Crippen molar-refractivity contribution in [2.24, 2.45) is 0 Å². The highest BCUT2D eigenvalue weighted by Crippen LogP contribution is 2.25. The Morgan fingerprint density at radius 3 is 2.59 bits per heavy atom. The second-order valence-corrected chi connectivity index (χ2v) is 6.76. The second kappa shape index (κ2) is 9.68. The topological polar surface area (TPSA) is 70.2 Å². The number of carbonyl (C=O) groups excluding carboxylic acids is 1. The largest absolute Gasteiger partial charge is 0.372 e. The zero-order valence-electron chi connectivity index (χ0n) is 17.1. The molecule has 150 valence electrons. The minimum Gasteiger partial charge on any atom is -0.372 e. The van der Waals surface area contributed by atoms with Gasteiger partial charge in [0.2, 0.25) is 0 Å². The standard InChI is InChI=1S/C23H27N5O/c1-4-28(5-2)21-9-10-22(17(3)12-21)27-20-13-18(14-24-15-20)23(29)26-16-19-8-6-7-11-25-19/h6-15,27H,4-5,16H2,1-3H3,(H,26,29). The fourth-order valence-corrected chi connectivity index (χ4v) is 3.14. The molecule has 0 saturated carbocycles. The highest BCUT2D eigenvalue weighted by molar-refractivity contribution is 5.94. The van der Waals surface area contributed by atoms with Crippen LogP contribution in [0.4, 0.5) is 17.1 Å². The fraction of sp³-hybridized carbons (Fsp3) is 0.261. The number of aryl methyl sites for hydroxylation is 1. The summed E-state index contributed by atoms with van der Waals surface area (Å²) in [7, 11) is 0. The molecule has 0 atom stereocenters. The summed E-state index contributed by atoms with van der Waals surface area (Å²) >= 11 is 0. The van der Waals surface area contributed by atoms with E-state index in [1.54, 1.807) is 24.7 Å². The molecule has 0 unspecified atom stereocenters. The Morgan fingerprint density at radius 2 is 1.90 bits per heavy atom. The maximum Gasteiger partial charge on any atom is 0.253 e. The lowest BCUT2D eigenvalue weighted by Gasteiger charge is -2.22. The Labute approximate surface area is 172 Å². The van der Waals surface area contributed by atoms with Crippen molar-refractivity contribution in [3.8, 4) is 0 Å². The van der Waals surface area contributed by atoms with Crippen LogP contribution < -0.4 is 15.5 Å². The summed E-state index contributed by atoms with van der Waals surface area (Å²) in [4.78, 5) is 23.2. The van der Waals surface area contributed by atoms with Crippen LogP contribution in [0.25, 0.3) is 0 Å². The number of hydrogen-bond acceptors (Lipinski definition) is 5. The highest BCUT2D eigenvalue weighted by atomic mass is 16.1. The van der Waals surface area contributed by atoms with Gasteiger partial charge in [-0.3, -0.25) is 14.8 Å². The molecule has 0 aliphatic rings. The third kappa shape index (κ3) is 5.31. The van der Waals surface area contributed by atoms with Crippen molar-refractivity contribution in [1.29, 1.82) is 0 Å². The summed E-state index contributed by atoms with van der Waals surface area (Å²) in [5.41, 5.74) is 5.43. The predicted molar refractivity (Wildman–Crippen MR) is 118 cm³/mol. The first-order valence-corrected chi connectivity index (χ1v) is 9.86. The van der Waals surface area contributed by atoms with E-state index >= 15 is 0 Å². The van der Waals surface area contributed by atoms with Crippen molar-refractivity contribution in [1.82, 2.24) is 15.3 Å². The lowest BCUT2D eigenvalue weighted by molar-refractivity contribution is 0.0950. The van der Waals surface area contributed by atoms with Gasteiger partial charge in [-0.25, -0.2) is 0 Å². The average Bonchev–Trinajstić information content (AvgIpc) is 2.75. The highest BCUT2D eigenvalue weighted by Gasteiger charge is 2.09. The summed E-state index contributed by atoms with van der Waals surface area (Å²) < 4.78 is 0. The van der Waals surface area contributed by atoms with Gasteiger partial charge in [-0.1, -0.05) is 6.07 Å². The van der Waals surface area contributed by atoms with Crippen molar-refractivity contribution < 1.29 is 4.79 Å². The van der Waals surface area contributed by atoms with Crippen LogP contribution in [0.5, 0.6) is 0 Å². The molecule has 6 nitrogen and oxygen atoms in total. The lowest BCUT2D eigenvalue weighted by Crippen LogP contribution is -2.23. The summed E-state index contributed by atoms with van der Waals surface area (Å²) in [6.07, 6.45) is 4.99. The number of rotatable bonds is 8. The van der Waals surface area contributed by atoms with Gasteiger partial charge in [-0.15, -0.1) is 0 Å². The van der Waals surface area contributed by atoms with E-state index in [4.69, 9.17) is 0 Å². The van der Waals surface area contributed by atoms with Crippen molar-refractivity contribution in [3.63, 3.8) is 0 Å². The van der Waals surface area contributed by atoms with Crippen molar-refractivity contribution >= 4 is 23.0 Å². The van der Waals surface area contributed by atoms with Crippen molar-refractivity contribution in [2.75, 3.05) is 23.3 Å². The van der Waals surface area contributed by atoms with E-state index < -0.39 is 0 Å². The molecule has 0 aliphatic carbocycles. The Balaban J connectivity index is 1.68. The quantitative estimate of drug-likeness (QED) is 0.601. The third-order valence-corrected chi connectivity index (χ3v) is 4.77. The zero-order chi connectivity index (χ0) is 20.6. The first-order valence-electron chi connectivity index (χ1n) is 9.86.